The smallest absolute Gasteiger partial charge is 0.116 e. The van der Waals surface area contributed by atoms with Crippen LogP contribution in [0.25, 0.3) is 22.5 Å². The largest absolute Gasteiger partial charge is 0.395 e. The molecule has 2 aliphatic rings. The summed E-state index contributed by atoms with van der Waals surface area (Å²) in [5, 5.41) is 15.4. The van der Waals surface area contributed by atoms with Crippen molar-refractivity contribution < 1.29 is 5.11 Å². The predicted molar refractivity (Wildman–Crippen MR) is 122 cm³/mol. The van der Waals surface area contributed by atoms with Crippen LogP contribution in [0.1, 0.15) is 44.6 Å². The van der Waals surface area contributed by atoms with Crippen molar-refractivity contribution in [2.75, 3.05) is 13.2 Å². The van der Waals surface area contributed by atoms with Gasteiger partial charge in [0.05, 0.1) is 18.3 Å². The maximum Gasteiger partial charge on any atom is 0.116 e. The zero-order valence-electron chi connectivity index (χ0n) is 17.6. The van der Waals surface area contributed by atoms with Crippen molar-refractivity contribution in [3.8, 4) is 22.5 Å². The molecule has 6 nitrogen and oxygen atoms in total. The highest BCUT2D eigenvalue weighted by Crippen LogP contribution is 2.37. The second kappa shape index (κ2) is 9.07. The topological polar surface area (TPSA) is 67.1 Å². The fourth-order valence-corrected chi connectivity index (χ4v) is 5.35. The number of aromatic nitrogens is 4. The molecule has 1 aliphatic carbocycles. The van der Waals surface area contributed by atoms with E-state index in [9.17, 15) is 5.11 Å². The van der Waals surface area contributed by atoms with Crippen molar-refractivity contribution in [1.29, 1.82) is 0 Å². The van der Waals surface area contributed by atoms with E-state index in [0.29, 0.717) is 23.1 Å². The number of hydrogen-bond donors (Lipinski definition) is 1. The molecule has 31 heavy (non-hydrogen) atoms. The van der Waals surface area contributed by atoms with Gasteiger partial charge in [-0.25, -0.2) is 9.97 Å². The van der Waals surface area contributed by atoms with E-state index in [1.807, 2.05) is 30.3 Å². The summed E-state index contributed by atoms with van der Waals surface area (Å²) in [5.74, 6) is 0. The average molecular weight is 438 g/mol. The third kappa shape index (κ3) is 4.25. The third-order valence-electron chi connectivity index (χ3n) is 6.85. The van der Waals surface area contributed by atoms with E-state index in [-0.39, 0.29) is 6.61 Å². The molecule has 5 rings (SSSR count). The lowest BCUT2D eigenvalue weighted by Gasteiger charge is -2.37. The van der Waals surface area contributed by atoms with Crippen LogP contribution in [0.15, 0.2) is 49.1 Å². The Labute approximate surface area is 187 Å². The van der Waals surface area contributed by atoms with Crippen LogP contribution in [0.2, 0.25) is 5.02 Å². The van der Waals surface area contributed by atoms with Gasteiger partial charge in [0.1, 0.15) is 12.0 Å². The van der Waals surface area contributed by atoms with Crippen LogP contribution in [-0.4, -0.2) is 55.0 Å². The van der Waals surface area contributed by atoms with Gasteiger partial charge < -0.3 is 5.11 Å². The summed E-state index contributed by atoms with van der Waals surface area (Å²) in [6, 6.07) is 11.1. The van der Waals surface area contributed by atoms with Crippen LogP contribution in [0, 0.1) is 0 Å². The molecule has 1 saturated carbocycles. The Balaban J connectivity index is 1.39. The molecule has 0 radical (unpaired) electrons. The minimum atomic E-state index is 0.284. The third-order valence-corrected chi connectivity index (χ3v) is 7.10. The van der Waals surface area contributed by atoms with Crippen LogP contribution in [-0.2, 0) is 0 Å². The van der Waals surface area contributed by atoms with Crippen LogP contribution < -0.4 is 0 Å². The molecular formula is C24H28ClN5O. The van der Waals surface area contributed by atoms with E-state index in [2.05, 4.69) is 25.7 Å². The molecule has 1 atom stereocenters. The fourth-order valence-electron chi connectivity index (χ4n) is 5.23. The van der Waals surface area contributed by atoms with Gasteiger partial charge in [0.15, 0.2) is 0 Å². The first-order chi connectivity index (χ1) is 15.2. The number of aliphatic hydroxyl groups is 1. The van der Waals surface area contributed by atoms with Crippen molar-refractivity contribution in [1.82, 2.24) is 24.6 Å². The molecule has 7 heteroatoms. The van der Waals surface area contributed by atoms with E-state index in [0.717, 1.165) is 61.2 Å². The molecular weight excluding hydrogens is 410 g/mol. The van der Waals surface area contributed by atoms with Crippen molar-refractivity contribution in [3.63, 3.8) is 0 Å². The summed E-state index contributed by atoms with van der Waals surface area (Å²) >= 11 is 6.11. The minimum Gasteiger partial charge on any atom is -0.395 e. The van der Waals surface area contributed by atoms with Gasteiger partial charge in [-0.2, -0.15) is 5.10 Å². The molecule has 1 N–H and O–H groups in total. The summed E-state index contributed by atoms with van der Waals surface area (Å²) in [4.78, 5) is 11.1. The van der Waals surface area contributed by atoms with Crippen molar-refractivity contribution >= 4 is 11.6 Å². The van der Waals surface area contributed by atoms with Gasteiger partial charge in [0.2, 0.25) is 0 Å². The lowest BCUT2D eigenvalue weighted by molar-refractivity contribution is 0.0873. The van der Waals surface area contributed by atoms with Gasteiger partial charge in [0, 0.05) is 40.6 Å². The summed E-state index contributed by atoms with van der Waals surface area (Å²) in [6.07, 6.45) is 12.3. The van der Waals surface area contributed by atoms with E-state index in [4.69, 9.17) is 16.7 Å². The van der Waals surface area contributed by atoms with Crippen LogP contribution >= 0.6 is 11.6 Å². The van der Waals surface area contributed by atoms with Crippen LogP contribution in [0.5, 0.6) is 0 Å². The second-order valence-corrected chi connectivity index (χ2v) is 9.09. The Morgan fingerprint density at radius 2 is 1.77 bits per heavy atom. The van der Waals surface area contributed by atoms with Crippen molar-refractivity contribution in [2.45, 2.75) is 56.7 Å². The first kappa shape index (κ1) is 20.6. The van der Waals surface area contributed by atoms with E-state index < -0.39 is 0 Å². The minimum absolute atomic E-state index is 0.284. The number of halogens is 1. The molecule has 0 amide bonds. The van der Waals surface area contributed by atoms with Crippen LogP contribution in [0.3, 0.4) is 0 Å². The van der Waals surface area contributed by atoms with E-state index in [1.165, 1.54) is 6.42 Å². The Morgan fingerprint density at radius 1 is 1.00 bits per heavy atom. The molecule has 0 spiro atoms. The highest BCUT2D eigenvalue weighted by Gasteiger charge is 2.33. The first-order valence-electron chi connectivity index (χ1n) is 11.2. The number of aliphatic hydroxyl groups excluding tert-OH is 1. The van der Waals surface area contributed by atoms with Crippen LogP contribution in [0.4, 0.5) is 0 Å². The van der Waals surface area contributed by atoms with E-state index in [1.54, 1.807) is 12.5 Å². The molecule has 162 valence electrons. The van der Waals surface area contributed by atoms with E-state index >= 15 is 0 Å². The molecule has 2 fully saturated rings. The summed E-state index contributed by atoms with van der Waals surface area (Å²) in [7, 11) is 0. The maximum atomic E-state index is 9.69. The summed E-state index contributed by atoms with van der Waals surface area (Å²) in [6.45, 7) is 1.41. The van der Waals surface area contributed by atoms with Gasteiger partial charge in [-0.15, -0.1) is 0 Å². The van der Waals surface area contributed by atoms with Crippen molar-refractivity contribution in [2.24, 2.45) is 0 Å². The Kier molecular flexibility index (Phi) is 6.03. The Hall–Kier alpha value is -2.28. The van der Waals surface area contributed by atoms with Gasteiger partial charge in [0.25, 0.3) is 0 Å². The quantitative estimate of drug-likeness (QED) is 0.631. The fraction of sp³-hybridized carbons (Fsp3) is 0.458. The SMILES string of the molecule is OC[C@H]1CCCN1C1CCC(n2cc(-c3ccncn3)c(-c3ccc(Cl)cc3)n2)CC1. The summed E-state index contributed by atoms with van der Waals surface area (Å²) in [5.41, 5.74) is 3.86. The number of rotatable bonds is 5. The Morgan fingerprint density at radius 3 is 2.48 bits per heavy atom. The average Bonchev–Trinajstić information content (AvgIpc) is 3.48. The Bertz CT molecular complexity index is 999. The predicted octanol–water partition coefficient (Wildman–Crippen LogP) is 4.60. The zero-order chi connectivity index (χ0) is 21.2. The molecule has 1 saturated heterocycles. The maximum absolute atomic E-state index is 9.69. The standard InChI is InChI=1S/C24H28ClN5O/c25-18-5-3-17(4-6-18)24-22(23-11-12-26-16-27-23)14-30(28-24)20-9-7-19(8-10-20)29-13-1-2-21(29)15-31/h3-6,11-12,14,16,19-21,31H,1-2,7-10,13,15H2/t19?,20?,21-/m1/s1. The van der Waals surface area contributed by atoms with Gasteiger partial charge in [-0.05, 0) is 63.3 Å². The lowest BCUT2D eigenvalue weighted by atomic mass is 9.90. The van der Waals surface area contributed by atoms with Gasteiger partial charge in [-0.1, -0.05) is 23.7 Å². The van der Waals surface area contributed by atoms with Gasteiger partial charge >= 0.3 is 0 Å². The highest BCUT2D eigenvalue weighted by molar-refractivity contribution is 6.30. The summed E-state index contributed by atoms with van der Waals surface area (Å²) < 4.78 is 2.14. The molecule has 0 bridgehead atoms. The second-order valence-electron chi connectivity index (χ2n) is 8.65. The van der Waals surface area contributed by atoms with Crippen molar-refractivity contribution in [3.05, 3.63) is 54.1 Å². The molecule has 3 aromatic rings. The lowest BCUT2D eigenvalue weighted by Crippen LogP contribution is -2.43. The molecule has 0 unspecified atom stereocenters. The molecule has 3 heterocycles. The normalized spacial score (nSPS) is 24.5. The van der Waals surface area contributed by atoms with Gasteiger partial charge in [-0.3, -0.25) is 9.58 Å². The number of benzene rings is 1. The first-order valence-corrected chi connectivity index (χ1v) is 11.6. The monoisotopic (exact) mass is 437 g/mol. The number of hydrogen-bond acceptors (Lipinski definition) is 5. The number of nitrogens with zero attached hydrogens (tertiary/aromatic N) is 5. The number of likely N-dealkylation sites (tertiary alicyclic amines) is 1. The molecule has 1 aliphatic heterocycles. The molecule has 1 aromatic carbocycles. The molecule has 2 aromatic heterocycles. The zero-order valence-corrected chi connectivity index (χ0v) is 18.3. The highest BCUT2D eigenvalue weighted by atomic mass is 35.5.